The molecule has 27 heavy (non-hydrogen) atoms. The average molecular weight is 391 g/mol. The van der Waals surface area contributed by atoms with Gasteiger partial charge in [-0.3, -0.25) is 9.59 Å². The Kier molecular flexibility index (Phi) is 7.57. The van der Waals surface area contributed by atoms with Gasteiger partial charge in [0.2, 0.25) is 11.8 Å². The number of amides is 2. The Morgan fingerprint density at radius 1 is 1.11 bits per heavy atom. The summed E-state index contributed by atoms with van der Waals surface area (Å²) in [6.45, 7) is 1.72. The third kappa shape index (κ3) is 5.67. The summed E-state index contributed by atoms with van der Waals surface area (Å²) in [7, 11) is 1.53. The fraction of sp³-hybridized carbons (Fsp3) is 0.316. The summed E-state index contributed by atoms with van der Waals surface area (Å²) in [5.41, 5.74) is 1.65. The van der Waals surface area contributed by atoms with E-state index in [1.807, 2.05) is 0 Å². The molecule has 1 saturated heterocycles. The minimum atomic E-state index is -0.269. The number of carbonyl (C=O) groups excluding carboxylic acids is 2. The molecule has 1 aliphatic heterocycles. The van der Waals surface area contributed by atoms with Gasteiger partial charge in [0, 0.05) is 23.2 Å². The van der Waals surface area contributed by atoms with E-state index >= 15 is 0 Å². The molecule has 2 aromatic rings. The third-order valence-corrected chi connectivity index (χ3v) is 4.31. The molecule has 1 fully saturated rings. The number of piperidine rings is 1. The lowest BCUT2D eigenvalue weighted by Crippen LogP contribution is -2.34. The average Bonchev–Trinajstić information content (AvgIpc) is 2.69. The molecule has 3 rings (SSSR count). The summed E-state index contributed by atoms with van der Waals surface area (Å²) >= 11 is 0. The van der Waals surface area contributed by atoms with Gasteiger partial charge in [0.15, 0.2) is 0 Å². The molecule has 0 saturated carbocycles. The van der Waals surface area contributed by atoms with E-state index in [9.17, 15) is 9.59 Å². The largest absolute Gasteiger partial charge is 0.481 e. The third-order valence-electron chi connectivity index (χ3n) is 4.31. The second kappa shape index (κ2) is 9.89. The molecular formula is C19H23ClN4O3. The van der Waals surface area contributed by atoms with Crippen molar-refractivity contribution >= 4 is 35.6 Å². The molecule has 3 N–H and O–H groups in total. The van der Waals surface area contributed by atoms with Gasteiger partial charge in [-0.15, -0.1) is 12.4 Å². The number of hydrogen-bond donors (Lipinski definition) is 3. The second-order valence-electron chi connectivity index (χ2n) is 6.14. The number of hydrogen-bond acceptors (Lipinski definition) is 5. The fourth-order valence-electron chi connectivity index (χ4n) is 2.84. The molecule has 0 unspecified atom stereocenters. The first kappa shape index (κ1) is 20.7. The van der Waals surface area contributed by atoms with Crippen LogP contribution in [-0.4, -0.2) is 37.0 Å². The number of halogens is 1. The van der Waals surface area contributed by atoms with Gasteiger partial charge in [-0.05, 0) is 50.2 Å². The van der Waals surface area contributed by atoms with E-state index in [-0.39, 0.29) is 30.1 Å². The smallest absolute Gasteiger partial charge is 0.255 e. The highest BCUT2D eigenvalue weighted by atomic mass is 35.5. The summed E-state index contributed by atoms with van der Waals surface area (Å²) in [6, 6.07) is 10.3. The molecule has 1 aromatic heterocycles. The zero-order valence-corrected chi connectivity index (χ0v) is 15.8. The molecule has 2 amide bonds. The monoisotopic (exact) mass is 390 g/mol. The first-order chi connectivity index (χ1) is 12.7. The zero-order chi connectivity index (χ0) is 18.4. The van der Waals surface area contributed by atoms with Crippen LogP contribution in [0.1, 0.15) is 23.2 Å². The lowest BCUT2D eigenvalue weighted by atomic mass is 9.97. The molecule has 144 valence electrons. The molecule has 1 aliphatic rings. The van der Waals surface area contributed by atoms with Crippen LogP contribution in [0.4, 0.5) is 11.4 Å². The van der Waals surface area contributed by atoms with Crippen molar-refractivity contribution in [3.63, 3.8) is 0 Å². The van der Waals surface area contributed by atoms with Crippen molar-refractivity contribution in [3.05, 3.63) is 48.2 Å². The first-order valence-electron chi connectivity index (χ1n) is 8.59. The van der Waals surface area contributed by atoms with Gasteiger partial charge in [-0.1, -0.05) is 6.07 Å². The van der Waals surface area contributed by atoms with Crippen LogP contribution in [0, 0.1) is 5.92 Å². The number of rotatable bonds is 5. The Balaban J connectivity index is 0.00000261. The van der Waals surface area contributed by atoms with Crippen LogP contribution in [0.2, 0.25) is 0 Å². The maximum Gasteiger partial charge on any atom is 0.255 e. The summed E-state index contributed by atoms with van der Waals surface area (Å²) in [6.07, 6.45) is 3.19. The Labute approximate surface area is 164 Å². The zero-order valence-electron chi connectivity index (χ0n) is 15.0. The molecule has 8 heteroatoms. The normalized spacial score (nSPS) is 14.0. The lowest BCUT2D eigenvalue weighted by molar-refractivity contribution is -0.120. The van der Waals surface area contributed by atoms with Crippen LogP contribution in [0.15, 0.2) is 42.6 Å². The quantitative estimate of drug-likeness (QED) is 0.730. The van der Waals surface area contributed by atoms with Crippen LogP contribution in [-0.2, 0) is 4.79 Å². The van der Waals surface area contributed by atoms with Crippen molar-refractivity contribution < 1.29 is 14.3 Å². The van der Waals surface area contributed by atoms with Crippen molar-refractivity contribution in [3.8, 4) is 5.88 Å². The van der Waals surface area contributed by atoms with Crippen LogP contribution in [0.3, 0.4) is 0 Å². The van der Waals surface area contributed by atoms with E-state index in [0.717, 1.165) is 25.9 Å². The van der Waals surface area contributed by atoms with E-state index < -0.39 is 0 Å². The number of methoxy groups -OCH3 is 1. The van der Waals surface area contributed by atoms with Crippen molar-refractivity contribution in [2.45, 2.75) is 12.8 Å². The number of benzene rings is 1. The Morgan fingerprint density at radius 3 is 2.56 bits per heavy atom. The van der Waals surface area contributed by atoms with Crippen molar-refractivity contribution in [2.75, 3.05) is 30.8 Å². The number of anilines is 2. The highest BCUT2D eigenvalue weighted by molar-refractivity contribution is 6.05. The van der Waals surface area contributed by atoms with Gasteiger partial charge in [-0.2, -0.15) is 0 Å². The number of aromatic nitrogens is 1. The predicted octanol–water partition coefficient (Wildman–Crippen LogP) is 2.70. The Morgan fingerprint density at radius 2 is 1.89 bits per heavy atom. The minimum Gasteiger partial charge on any atom is -0.481 e. The van der Waals surface area contributed by atoms with E-state index in [0.29, 0.717) is 22.8 Å². The van der Waals surface area contributed by atoms with Crippen LogP contribution in [0.5, 0.6) is 5.88 Å². The van der Waals surface area contributed by atoms with Crippen molar-refractivity contribution in [1.29, 1.82) is 0 Å². The second-order valence-corrected chi connectivity index (χ2v) is 6.14. The molecule has 0 bridgehead atoms. The van der Waals surface area contributed by atoms with Crippen LogP contribution in [0.25, 0.3) is 0 Å². The number of nitrogens with one attached hydrogen (secondary N) is 3. The van der Waals surface area contributed by atoms with Gasteiger partial charge < -0.3 is 20.7 Å². The number of ether oxygens (including phenoxy) is 1. The van der Waals surface area contributed by atoms with Gasteiger partial charge in [0.25, 0.3) is 5.91 Å². The molecular weight excluding hydrogens is 368 g/mol. The van der Waals surface area contributed by atoms with Gasteiger partial charge in [0.1, 0.15) is 0 Å². The summed E-state index contributed by atoms with van der Waals surface area (Å²) in [5.74, 6) is 0.225. The van der Waals surface area contributed by atoms with E-state index in [2.05, 4.69) is 20.9 Å². The number of carbonyl (C=O) groups is 2. The topological polar surface area (TPSA) is 92.4 Å². The number of nitrogens with zero attached hydrogens (tertiary/aromatic N) is 1. The Bertz CT molecular complexity index is 777. The molecule has 0 atom stereocenters. The van der Waals surface area contributed by atoms with E-state index in [4.69, 9.17) is 4.74 Å². The highest BCUT2D eigenvalue weighted by Crippen LogP contribution is 2.18. The molecule has 0 aliphatic carbocycles. The van der Waals surface area contributed by atoms with Crippen LogP contribution >= 0.6 is 12.4 Å². The van der Waals surface area contributed by atoms with Crippen LogP contribution < -0.4 is 20.7 Å². The molecule has 0 radical (unpaired) electrons. The summed E-state index contributed by atoms with van der Waals surface area (Å²) in [4.78, 5) is 28.8. The highest BCUT2D eigenvalue weighted by Gasteiger charge is 2.21. The van der Waals surface area contributed by atoms with E-state index in [1.165, 1.54) is 13.3 Å². The van der Waals surface area contributed by atoms with Gasteiger partial charge >= 0.3 is 0 Å². The summed E-state index contributed by atoms with van der Waals surface area (Å²) < 4.78 is 4.99. The standard InChI is InChI=1S/C19H22N4O3.ClH/c1-26-17-6-5-16(12-21-17)23-19(25)14-3-2-4-15(11-14)22-18(24)13-7-9-20-10-8-13;/h2-6,11-13,20H,7-10H2,1H3,(H,22,24)(H,23,25);1H. The fourth-order valence-corrected chi connectivity index (χ4v) is 2.84. The maximum atomic E-state index is 12.4. The Hall–Kier alpha value is -2.64. The summed E-state index contributed by atoms with van der Waals surface area (Å²) in [5, 5.41) is 8.93. The van der Waals surface area contributed by atoms with E-state index in [1.54, 1.807) is 36.4 Å². The maximum absolute atomic E-state index is 12.4. The van der Waals surface area contributed by atoms with Crippen molar-refractivity contribution in [2.24, 2.45) is 5.92 Å². The number of pyridine rings is 1. The molecule has 1 aromatic carbocycles. The van der Waals surface area contributed by atoms with Gasteiger partial charge in [-0.25, -0.2) is 4.98 Å². The van der Waals surface area contributed by atoms with Crippen molar-refractivity contribution in [1.82, 2.24) is 10.3 Å². The SMILES string of the molecule is COc1ccc(NC(=O)c2cccc(NC(=O)C3CCNCC3)c2)cn1.Cl. The molecule has 7 nitrogen and oxygen atoms in total. The molecule has 0 spiro atoms. The predicted molar refractivity (Wildman–Crippen MR) is 107 cm³/mol. The lowest BCUT2D eigenvalue weighted by Gasteiger charge is -2.21. The minimum absolute atomic E-state index is 0. The van der Waals surface area contributed by atoms with Gasteiger partial charge in [0.05, 0.1) is 19.0 Å². The molecule has 2 heterocycles. The first-order valence-corrected chi connectivity index (χ1v) is 8.59.